The highest BCUT2D eigenvalue weighted by Crippen LogP contribution is 2.11. The van der Waals surface area contributed by atoms with E-state index in [1.165, 1.54) is 5.56 Å². The van der Waals surface area contributed by atoms with Crippen molar-refractivity contribution in [3.8, 4) is 0 Å². The van der Waals surface area contributed by atoms with Crippen LogP contribution in [0.15, 0.2) is 60.7 Å². The summed E-state index contributed by atoms with van der Waals surface area (Å²) in [6, 6.07) is 18.4. The monoisotopic (exact) mass is 311 g/mol. The smallest absolute Gasteiger partial charge is 0.239 e. The van der Waals surface area contributed by atoms with Gasteiger partial charge in [0.1, 0.15) is 6.04 Å². The van der Waals surface area contributed by atoms with Gasteiger partial charge in [-0.15, -0.1) is 0 Å². The Labute approximate surface area is 135 Å². The number of nitrogens with one attached hydrogen (secondary N) is 2. The molecule has 0 aromatic heterocycles. The van der Waals surface area contributed by atoms with E-state index in [2.05, 4.69) is 10.6 Å². The second-order valence-corrected chi connectivity index (χ2v) is 5.21. The third-order valence-corrected chi connectivity index (χ3v) is 3.46. The first-order valence-corrected chi connectivity index (χ1v) is 7.55. The maximum atomic E-state index is 11.9. The van der Waals surface area contributed by atoms with Gasteiger partial charge in [0, 0.05) is 6.54 Å². The summed E-state index contributed by atoms with van der Waals surface area (Å²) in [5.74, 6) is -0.670. The van der Waals surface area contributed by atoms with Crippen LogP contribution in [0.3, 0.4) is 0 Å². The first-order chi connectivity index (χ1) is 11.2. The maximum absolute atomic E-state index is 11.9. The first-order valence-electron chi connectivity index (χ1n) is 7.55. The number of hydrogen-bond acceptors (Lipinski definition) is 3. The van der Waals surface area contributed by atoms with Gasteiger partial charge in [-0.1, -0.05) is 60.7 Å². The van der Waals surface area contributed by atoms with Crippen LogP contribution in [0.5, 0.6) is 0 Å². The zero-order chi connectivity index (χ0) is 16.5. The van der Waals surface area contributed by atoms with E-state index < -0.39 is 11.9 Å². The molecule has 2 aromatic carbocycles. The fourth-order valence-corrected chi connectivity index (χ4v) is 2.28. The highest BCUT2D eigenvalue weighted by molar-refractivity contribution is 5.83. The topological polar surface area (TPSA) is 84.2 Å². The lowest BCUT2D eigenvalue weighted by Gasteiger charge is -2.15. The largest absolute Gasteiger partial charge is 0.368 e. The van der Waals surface area contributed by atoms with Crippen LogP contribution in [0.2, 0.25) is 0 Å². The molecule has 0 heterocycles. The Hall–Kier alpha value is -2.66. The number of carbonyl (C=O) groups excluding carboxylic acids is 2. The van der Waals surface area contributed by atoms with Gasteiger partial charge in [-0.2, -0.15) is 0 Å². The Morgan fingerprint density at radius 1 is 0.957 bits per heavy atom. The van der Waals surface area contributed by atoms with Crippen molar-refractivity contribution in [2.45, 2.75) is 12.5 Å². The number of nitrogens with two attached hydrogens (primary N) is 1. The Kier molecular flexibility index (Phi) is 6.32. The van der Waals surface area contributed by atoms with E-state index in [4.69, 9.17) is 5.73 Å². The highest BCUT2D eigenvalue weighted by atomic mass is 16.2. The second-order valence-electron chi connectivity index (χ2n) is 5.21. The molecule has 5 nitrogen and oxygen atoms in total. The summed E-state index contributed by atoms with van der Waals surface area (Å²) in [7, 11) is 0. The maximum Gasteiger partial charge on any atom is 0.239 e. The zero-order valence-electron chi connectivity index (χ0n) is 12.9. The van der Waals surface area contributed by atoms with Crippen LogP contribution in [0, 0.1) is 0 Å². The van der Waals surface area contributed by atoms with Crippen LogP contribution in [-0.4, -0.2) is 24.9 Å². The Bertz CT molecular complexity index is 629. The molecule has 2 aromatic rings. The van der Waals surface area contributed by atoms with Crippen LogP contribution < -0.4 is 16.4 Å². The summed E-state index contributed by atoms with van der Waals surface area (Å²) in [5.41, 5.74) is 7.31. The minimum atomic E-state index is -0.670. The molecule has 0 aliphatic carbocycles. The van der Waals surface area contributed by atoms with Gasteiger partial charge in [-0.25, -0.2) is 0 Å². The number of carbonyl (C=O) groups is 2. The molecule has 2 rings (SSSR count). The normalized spacial score (nSPS) is 11.7. The molecule has 120 valence electrons. The zero-order valence-corrected chi connectivity index (χ0v) is 12.9. The molecule has 0 saturated heterocycles. The number of amides is 2. The van der Waals surface area contributed by atoms with Crippen LogP contribution in [0.1, 0.15) is 17.2 Å². The van der Waals surface area contributed by atoms with Crippen molar-refractivity contribution in [2.75, 3.05) is 13.1 Å². The predicted molar refractivity (Wildman–Crippen MR) is 89.5 cm³/mol. The van der Waals surface area contributed by atoms with E-state index in [0.717, 1.165) is 12.0 Å². The minimum absolute atomic E-state index is 0.0390. The Morgan fingerprint density at radius 2 is 1.57 bits per heavy atom. The van der Waals surface area contributed by atoms with Crippen molar-refractivity contribution in [2.24, 2.45) is 5.73 Å². The first kappa shape index (κ1) is 16.7. The summed E-state index contributed by atoms with van der Waals surface area (Å²) in [4.78, 5) is 23.4. The van der Waals surface area contributed by atoms with E-state index in [9.17, 15) is 9.59 Å². The molecular formula is C18H21N3O2. The lowest BCUT2D eigenvalue weighted by atomic mass is 10.1. The van der Waals surface area contributed by atoms with Crippen molar-refractivity contribution in [1.82, 2.24) is 10.6 Å². The van der Waals surface area contributed by atoms with Gasteiger partial charge in [-0.3, -0.25) is 14.9 Å². The molecule has 5 heteroatoms. The molecule has 0 unspecified atom stereocenters. The quantitative estimate of drug-likeness (QED) is 0.684. The summed E-state index contributed by atoms with van der Waals surface area (Å²) in [6.07, 6.45) is 0.768. The highest BCUT2D eigenvalue weighted by Gasteiger charge is 2.17. The molecular weight excluding hydrogens is 290 g/mol. The van der Waals surface area contributed by atoms with E-state index in [1.54, 1.807) is 12.1 Å². The molecule has 0 radical (unpaired) electrons. The lowest BCUT2D eigenvalue weighted by Crippen LogP contribution is -2.40. The summed E-state index contributed by atoms with van der Waals surface area (Å²) in [5, 5.41) is 5.72. The average Bonchev–Trinajstić information content (AvgIpc) is 2.57. The number of benzene rings is 2. The number of primary amides is 1. The van der Waals surface area contributed by atoms with Crippen molar-refractivity contribution < 1.29 is 9.59 Å². The van der Waals surface area contributed by atoms with Gasteiger partial charge in [0.05, 0.1) is 6.54 Å². The van der Waals surface area contributed by atoms with Gasteiger partial charge < -0.3 is 11.1 Å². The fourth-order valence-electron chi connectivity index (χ4n) is 2.28. The van der Waals surface area contributed by atoms with E-state index >= 15 is 0 Å². The molecule has 0 aliphatic rings. The van der Waals surface area contributed by atoms with E-state index in [1.807, 2.05) is 48.5 Å². The molecule has 0 bridgehead atoms. The van der Waals surface area contributed by atoms with E-state index in [-0.39, 0.29) is 12.5 Å². The SMILES string of the molecule is NC(=O)[C@@H](NCC(=O)NCCc1ccccc1)c1ccccc1. The van der Waals surface area contributed by atoms with Crippen LogP contribution in [0.4, 0.5) is 0 Å². The lowest BCUT2D eigenvalue weighted by molar-refractivity contribution is -0.121. The number of hydrogen-bond donors (Lipinski definition) is 3. The average molecular weight is 311 g/mol. The molecule has 23 heavy (non-hydrogen) atoms. The molecule has 0 saturated carbocycles. The van der Waals surface area contributed by atoms with Crippen LogP contribution in [-0.2, 0) is 16.0 Å². The molecule has 0 fully saturated rings. The van der Waals surface area contributed by atoms with Crippen molar-refractivity contribution in [3.63, 3.8) is 0 Å². The van der Waals surface area contributed by atoms with E-state index in [0.29, 0.717) is 6.54 Å². The summed E-state index contributed by atoms with van der Waals surface area (Å²) >= 11 is 0. The second kappa shape index (κ2) is 8.70. The van der Waals surface area contributed by atoms with Crippen molar-refractivity contribution >= 4 is 11.8 Å². The molecule has 0 spiro atoms. The Morgan fingerprint density at radius 3 is 2.17 bits per heavy atom. The third kappa shape index (κ3) is 5.56. The van der Waals surface area contributed by atoms with Crippen LogP contribution >= 0.6 is 0 Å². The molecule has 2 amide bonds. The van der Waals surface area contributed by atoms with Crippen molar-refractivity contribution in [1.29, 1.82) is 0 Å². The third-order valence-electron chi connectivity index (χ3n) is 3.46. The molecule has 1 atom stereocenters. The van der Waals surface area contributed by atoms with Gasteiger partial charge >= 0.3 is 0 Å². The molecule has 4 N–H and O–H groups in total. The van der Waals surface area contributed by atoms with Crippen LogP contribution in [0.25, 0.3) is 0 Å². The predicted octanol–water partition coefficient (Wildman–Crippen LogP) is 1.16. The summed E-state index contributed by atoms with van der Waals surface area (Å²) in [6.45, 7) is 0.592. The summed E-state index contributed by atoms with van der Waals surface area (Å²) < 4.78 is 0. The molecule has 0 aliphatic heterocycles. The fraction of sp³-hybridized carbons (Fsp3) is 0.222. The Balaban J connectivity index is 1.77. The van der Waals surface area contributed by atoms with Crippen molar-refractivity contribution in [3.05, 3.63) is 71.8 Å². The van der Waals surface area contributed by atoms with Gasteiger partial charge in [-0.05, 0) is 17.5 Å². The van der Waals surface area contributed by atoms with Gasteiger partial charge in [0.2, 0.25) is 11.8 Å². The van der Waals surface area contributed by atoms with Gasteiger partial charge in [0.25, 0.3) is 0 Å². The van der Waals surface area contributed by atoms with Gasteiger partial charge in [0.15, 0.2) is 0 Å². The minimum Gasteiger partial charge on any atom is -0.368 e. The number of rotatable bonds is 8. The standard InChI is InChI=1S/C18H21N3O2/c19-18(23)17(15-9-5-2-6-10-15)21-13-16(22)20-12-11-14-7-3-1-4-8-14/h1-10,17,21H,11-13H2,(H2,19,23)(H,20,22)/t17-/m0/s1.